The number of aliphatic hydroxyl groups is 10. The highest BCUT2D eigenvalue weighted by Gasteiger charge is 2.34. The lowest BCUT2D eigenvalue weighted by molar-refractivity contribution is -0.131. The molecule has 15 nitrogen and oxygen atoms in total. The van der Waals surface area contributed by atoms with Crippen molar-refractivity contribution in [1.82, 2.24) is 4.90 Å². The minimum atomic E-state index is -1.85. The molecule has 0 aromatic rings. The number of hydrogen-bond acceptors (Lipinski definition) is 15. The molecule has 12 N–H and O–H groups in total. The van der Waals surface area contributed by atoms with Crippen molar-refractivity contribution in [2.75, 3.05) is 79.0 Å². The van der Waals surface area contributed by atoms with Gasteiger partial charge in [-0.15, -0.1) is 0 Å². The highest BCUT2D eigenvalue weighted by Crippen LogP contribution is 2.10. The van der Waals surface area contributed by atoms with Gasteiger partial charge in [0.1, 0.15) is 36.6 Å². The van der Waals surface area contributed by atoms with Crippen LogP contribution in [0, 0.1) is 0 Å². The molecule has 0 aromatic carbocycles. The number of aliphatic hydroxyl groups excluding tert-OH is 10. The van der Waals surface area contributed by atoms with Crippen molar-refractivity contribution in [3.05, 3.63) is 0 Å². The van der Waals surface area contributed by atoms with E-state index < -0.39 is 62.0 Å². The van der Waals surface area contributed by atoms with E-state index in [4.69, 9.17) is 30.2 Å². The molecule has 0 rings (SSSR count). The van der Waals surface area contributed by atoms with Crippen molar-refractivity contribution in [1.29, 1.82) is 0 Å². The summed E-state index contributed by atoms with van der Waals surface area (Å²) in [5.74, 6) is 0. The van der Waals surface area contributed by atoms with Crippen LogP contribution < -0.4 is 5.73 Å². The fourth-order valence-corrected chi connectivity index (χ4v) is 2.95. The summed E-state index contributed by atoms with van der Waals surface area (Å²) >= 11 is 0. The summed E-state index contributed by atoms with van der Waals surface area (Å²) in [5, 5.41) is 96.9. The second-order valence-corrected chi connectivity index (χ2v) is 7.98. The van der Waals surface area contributed by atoms with E-state index in [0.717, 1.165) is 0 Å². The van der Waals surface area contributed by atoms with Gasteiger partial charge in [0, 0.05) is 26.2 Å². The van der Waals surface area contributed by atoms with Crippen molar-refractivity contribution in [2.24, 2.45) is 5.73 Å². The van der Waals surface area contributed by atoms with Crippen LogP contribution in [0.1, 0.15) is 0 Å². The average Bonchev–Trinajstić information content (AvgIpc) is 2.86. The van der Waals surface area contributed by atoms with Gasteiger partial charge in [0.15, 0.2) is 0 Å². The van der Waals surface area contributed by atoms with Crippen molar-refractivity contribution in [3.63, 3.8) is 0 Å². The van der Waals surface area contributed by atoms with Gasteiger partial charge in [-0.1, -0.05) is 0 Å². The maximum Gasteiger partial charge on any atom is 0.111 e. The maximum absolute atomic E-state index is 10.3. The van der Waals surface area contributed by atoms with E-state index in [1.54, 1.807) is 0 Å². The molecule has 35 heavy (non-hydrogen) atoms. The lowest BCUT2D eigenvalue weighted by Crippen LogP contribution is -2.53. The van der Waals surface area contributed by atoms with Crippen LogP contribution in [-0.4, -0.2) is 184 Å². The fraction of sp³-hybridized carbons (Fsp3) is 1.00. The molecule has 0 amide bonds. The predicted molar refractivity (Wildman–Crippen MR) is 120 cm³/mol. The number of nitrogens with zero attached hydrogens (tertiary/aromatic N) is 1. The molecule has 0 aliphatic carbocycles. The largest absolute Gasteiger partial charge is 0.394 e. The minimum absolute atomic E-state index is 0.0600. The van der Waals surface area contributed by atoms with Crippen LogP contribution in [0.3, 0.4) is 0 Å². The van der Waals surface area contributed by atoms with Gasteiger partial charge in [0.25, 0.3) is 0 Å². The Balaban J connectivity index is 4.79. The van der Waals surface area contributed by atoms with Crippen LogP contribution >= 0.6 is 0 Å². The van der Waals surface area contributed by atoms with E-state index in [1.807, 2.05) is 0 Å². The number of nitrogens with two attached hydrogens (primary N) is 1. The topological polar surface area (TPSA) is 259 Å². The van der Waals surface area contributed by atoms with Gasteiger partial charge >= 0.3 is 0 Å². The highest BCUT2D eigenvalue weighted by atomic mass is 16.5. The molecule has 0 bridgehead atoms. The first-order chi connectivity index (χ1) is 16.6. The van der Waals surface area contributed by atoms with E-state index in [-0.39, 0.29) is 39.5 Å². The van der Waals surface area contributed by atoms with Crippen molar-refractivity contribution in [2.45, 2.75) is 48.8 Å². The van der Waals surface area contributed by atoms with Gasteiger partial charge in [-0.05, 0) is 0 Å². The van der Waals surface area contributed by atoms with Gasteiger partial charge < -0.3 is 71.0 Å². The summed E-state index contributed by atoms with van der Waals surface area (Å²) < 4.78 is 15.9. The van der Waals surface area contributed by atoms with Crippen molar-refractivity contribution in [3.8, 4) is 0 Å². The molecule has 15 heteroatoms. The Labute approximate surface area is 204 Å². The summed E-state index contributed by atoms with van der Waals surface area (Å²) in [6, 6.07) is 0. The molecule has 0 aliphatic heterocycles. The first-order valence-corrected chi connectivity index (χ1v) is 11.4. The summed E-state index contributed by atoms with van der Waals surface area (Å²) in [7, 11) is 0. The standard InChI is InChI=1S/C20H44N2O13/c21-1-3-33-5-7-35-8-6-34-4-2-22(9-13(25)17(29)19(31)15(27)11-23)10-14(26)18(30)20(32)16(28)12-24/h13-20,23-32H,1-12,21H2. The second-order valence-electron chi connectivity index (χ2n) is 7.98. The molecule has 8 atom stereocenters. The zero-order chi connectivity index (χ0) is 26.8. The van der Waals surface area contributed by atoms with Crippen LogP contribution in [0.4, 0.5) is 0 Å². The molecule has 8 unspecified atom stereocenters. The molecule has 0 spiro atoms. The zero-order valence-electron chi connectivity index (χ0n) is 19.8. The molecule has 0 heterocycles. The minimum Gasteiger partial charge on any atom is -0.394 e. The third kappa shape index (κ3) is 14.7. The molecular formula is C20H44N2O13. The molecule has 0 radical (unpaired) electrons. The maximum atomic E-state index is 10.3. The Morgan fingerprint density at radius 2 is 0.857 bits per heavy atom. The summed E-state index contributed by atoms with van der Waals surface area (Å²) in [6.07, 6.45) is -14.1. The van der Waals surface area contributed by atoms with Crippen LogP contribution in [0.15, 0.2) is 0 Å². The van der Waals surface area contributed by atoms with E-state index in [9.17, 15) is 40.9 Å². The number of hydrogen-bond donors (Lipinski definition) is 11. The Kier molecular flexibility index (Phi) is 20.1. The van der Waals surface area contributed by atoms with Gasteiger partial charge in [-0.25, -0.2) is 0 Å². The third-order valence-corrected chi connectivity index (χ3v) is 5.10. The van der Waals surface area contributed by atoms with E-state index in [2.05, 4.69) is 0 Å². The van der Waals surface area contributed by atoms with Crippen LogP contribution in [0.5, 0.6) is 0 Å². The van der Waals surface area contributed by atoms with Crippen molar-refractivity contribution < 1.29 is 65.3 Å². The lowest BCUT2D eigenvalue weighted by atomic mass is 10.0. The molecule has 212 valence electrons. The summed E-state index contributed by atoms with van der Waals surface area (Å²) in [5.41, 5.74) is 5.29. The third-order valence-electron chi connectivity index (χ3n) is 5.10. The molecule has 0 fully saturated rings. The quantitative estimate of drug-likeness (QED) is 0.0559. The summed E-state index contributed by atoms with van der Waals surface area (Å²) in [6.45, 7) is -0.218. The predicted octanol–water partition coefficient (Wildman–Crippen LogP) is -6.83. The molecule has 0 aromatic heterocycles. The average molecular weight is 521 g/mol. The van der Waals surface area contributed by atoms with Gasteiger partial charge in [-0.2, -0.15) is 0 Å². The van der Waals surface area contributed by atoms with Gasteiger partial charge in [-0.3, -0.25) is 4.90 Å². The normalized spacial score (nSPS) is 19.2. The van der Waals surface area contributed by atoms with E-state index >= 15 is 0 Å². The van der Waals surface area contributed by atoms with Gasteiger partial charge in [0.05, 0.1) is 65.1 Å². The number of rotatable bonds is 23. The SMILES string of the molecule is NCCOCCOCCOCCN(CC(O)C(O)C(O)C(O)CO)CC(O)C(O)C(O)C(O)CO. The molecule has 0 saturated carbocycles. The Bertz CT molecular complexity index is 466. The van der Waals surface area contributed by atoms with Crippen LogP contribution in [0.2, 0.25) is 0 Å². The number of ether oxygens (including phenoxy) is 3. The van der Waals surface area contributed by atoms with Crippen molar-refractivity contribution >= 4 is 0 Å². The molecular weight excluding hydrogens is 476 g/mol. The zero-order valence-corrected chi connectivity index (χ0v) is 19.8. The van der Waals surface area contributed by atoms with Crippen LogP contribution in [-0.2, 0) is 14.2 Å². The smallest absolute Gasteiger partial charge is 0.111 e. The summed E-state index contributed by atoms with van der Waals surface area (Å²) in [4.78, 5) is 1.35. The monoisotopic (exact) mass is 520 g/mol. The molecule has 0 aliphatic rings. The second kappa shape index (κ2) is 20.5. The van der Waals surface area contributed by atoms with E-state index in [0.29, 0.717) is 26.4 Å². The molecule has 0 saturated heterocycles. The van der Waals surface area contributed by atoms with E-state index in [1.165, 1.54) is 4.90 Å². The Morgan fingerprint density at radius 3 is 1.23 bits per heavy atom. The fourth-order valence-electron chi connectivity index (χ4n) is 2.95. The first-order valence-electron chi connectivity index (χ1n) is 11.4. The Morgan fingerprint density at radius 1 is 0.514 bits per heavy atom. The lowest BCUT2D eigenvalue weighted by Gasteiger charge is -2.33. The first kappa shape index (κ1) is 34.4. The Hall–Kier alpha value is -0.600. The van der Waals surface area contributed by atoms with Crippen LogP contribution in [0.25, 0.3) is 0 Å². The van der Waals surface area contributed by atoms with Gasteiger partial charge in [0.2, 0.25) is 0 Å². The highest BCUT2D eigenvalue weighted by molar-refractivity contribution is 4.86.